The Bertz CT molecular complexity index is 2550. The Kier molecular flexibility index (Phi) is 9.38. The van der Waals surface area contributed by atoms with Crippen molar-refractivity contribution in [2.24, 2.45) is 0 Å². The lowest BCUT2D eigenvalue weighted by Gasteiger charge is -2.26. The number of amides is 3. The molecule has 0 spiro atoms. The van der Waals surface area contributed by atoms with E-state index in [4.69, 9.17) is 4.74 Å². The van der Waals surface area contributed by atoms with E-state index in [1.807, 2.05) is 24.3 Å². The van der Waals surface area contributed by atoms with Gasteiger partial charge in [-0.2, -0.15) is 0 Å². The number of carbonyl (C=O) groups is 3. The number of fused-ring (bicyclic) bond motifs is 3. The van der Waals surface area contributed by atoms with Crippen LogP contribution in [-0.4, -0.2) is 74.3 Å². The molecule has 3 aromatic heterocycles. The topological polar surface area (TPSA) is 158 Å². The summed E-state index contributed by atoms with van der Waals surface area (Å²) in [6.07, 6.45) is 7.20. The molecule has 3 aromatic carbocycles. The van der Waals surface area contributed by atoms with Crippen LogP contribution in [0.2, 0.25) is 0 Å². The number of ether oxygens (including phenoxy) is 1. The van der Waals surface area contributed by atoms with E-state index >= 15 is 4.39 Å². The first-order valence-corrected chi connectivity index (χ1v) is 19.6. The molecule has 2 N–H and O–H groups in total. The van der Waals surface area contributed by atoms with E-state index in [0.717, 1.165) is 14.7 Å². The van der Waals surface area contributed by atoms with Crippen molar-refractivity contribution in [3.8, 4) is 11.5 Å². The molecule has 0 saturated carbocycles. The largest absolute Gasteiger partial charge is 0.455 e. The molecule has 8 rings (SSSR count). The molecule has 280 valence electrons. The van der Waals surface area contributed by atoms with Gasteiger partial charge in [-0.05, 0) is 61.5 Å². The highest BCUT2D eigenvalue weighted by molar-refractivity contribution is 7.99. The van der Waals surface area contributed by atoms with Gasteiger partial charge in [0.05, 0.1) is 57.9 Å². The van der Waals surface area contributed by atoms with Crippen LogP contribution < -0.4 is 15.4 Å². The van der Waals surface area contributed by atoms with Crippen LogP contribution in [0.4, 0.5) is 4.39 Å². The predicted molar refractivity (Wildman–Crippen MR) is 201 cm³/mol. The normalized spacial score (nSPS) is 18.2. The zero-order valence-corrected chi connectivity index (χ0v) is 31.0. The van der Waals surface area contributed by atoms with Crippen molar-refractivity contribution in [3.05, 3.63) is 127 Å². The van der Waals surface area contributed by atoms with Crippen LogP contribution in [0.15, 0.2) is 131 Å². The van der Waals surface area contributed by atoms with Crippen LogP contribution in [0.5, 0.6) is 11.5 Å². The molecule has 0 aliphatic carbocycles. The first-order valence-electron chi connectivity index (χ1n) is 17.4. The number of hydrogen-bond donors (Lipinski definition) is 2. The molecule has 2 aliphatic heterocycles. The summed E-state index contributed by atoms with van der Waals surface area (Å²) in [6, 6.07) is 21.5. The minimum atomic E-state index is -4.13. The van der Waals surface area contributed by atoms with Crippen molar-refractivity contribution in [1.29, 1.82) is 0 Å². The number of likely N-dealkylation sites (tertiary alicyclic amines) is 1. The molecule has 1 saturated heterocycles. The van der Waals surface area contributed by atoms with Gasteiger partial charge in [0.15, 0.2) is 0 Å². The monoisotopic (exact) mass is 779 g/mol. The van der Waals surface area contributed by atoms with Crippen molar-refractivity contribution in [2.75, 3.05) is 13.1 Å². The Labute approximate surface area is 319 Å². The van der Waals surface area contributed by atoms with Gasteiger partial charge in [0.1, 0.15) is 23.2 Å². The molecule has 0 radical (unpaired) electrons. The smallest absolute Gasteiger partial charge is 0.268 e. The van der Waals surface area contributed by atoms with Gasteiger partial charge in [0, 0.05) is 42.2 Å². The number of nitrogens with one attached hydrogen (secondary N) is 2. The second kappa shape index (κ2) is 14.3. The highest BCUT2D eigenvalue weighted by Crippen LogP contribution is 2.47. The van der Waals surface area contributed by atoms with Gasteiger partial charge >= 0.3 is 0 Å². The van der Waals surface area contributed by atoms with E-state index in [1.165, 1.54) is 57.4 Å². The van der Waals surface area contributed by atoms with Gasteiger partial charge in [-0.25, -0.2) is 21.8 Å². The Morgan fingerprint density at radius 2 is 1.76 bits per heavy atom. The standard InChI is InChI=1S/C39H34FN7O6S2/c1-25(30-17-27-20-41-14-13-29(27)47(30)55(51,52)28-7-3-2-4-8-28)44-38(50)31-19-39(40,22-45-16-15-42-24-45)23-46(31)36(48)21-43-37(49)26-11-12-35-33(18-26)53-32-9-5-6-10-34(32)54-35/h2-18,20,24-25,31H,19,21-23H2,1H3,(H,43,49)(H,44,50)/t25-,31+,39+/m1/s1. The third-order valence-electron chi connectivity index (χ3n) is 9.60. The first kappa shape index (κ1) is 36.0. The number of benzene rings is 3. The lowest BCUT2D eigenvalue weighted by atomic mass is 10.0. The molecule has 0 unspecified atom stereocenters. The highest BCUT2D eigenvalue weighted by Gasteiger charge is 2.50. The van der Waals surface area contributed by atoms with E-state index in [1.54, 1.807) is 61.7 Å². The van der Waals surface area contributed by atoms with E-state index in [9.17, 15) is 22.8 Å². The number of rotatable bonds is 10. The Hall–Kier alpha value is -6.00. The lowest BCUT2D eigenvalue weighted by molar-refractivity contribution is -0.138. The van der Waals surface area contributed by atoms with Gasteiger partial charge in [0.2, 0.25) is 11.8 Å². The number of pyridine rings is 1. The average molecular weight is 780 g/mol. The van der Waals surface area contributed by atoms with Crippen LogP contribution >= 0.6 is 11.8 Å². The molecule has 1 fully saturated rings. The third kappa shape index (κ3) is 7.05. The summed E-state index contributed by atoms with van der Waals surface area (Å²) in [5.74, 6) is -0.737. The molecule has 3 atom stereocenters. The number of hydrogen-bond acceptors (Lipinski definition) is 9. The number of nitrogens with zero attached hydrogens (tertiary/aromatic N) is 5. The van der Waals surface area contributed by atoms with Gasteiger partial charge in [-0.1, -0.05) is 42.1 Å². The van der Waals surface area contributed by atoms with Gasteiger partial charge < -0.3 is 24.8 Å². The first-order chi connectivity index (χ1) is 26.5. The number of halogens is 1. The van der Waals surface area contributed by atoms with Gasteiger partial charge in [-0.15, -0.1) is 0 Å². The fourth-order valence-corrected chi connectivity index (χ4v) is 9.54. The van der Waals surface area contributed by atoms with Crippen LogP contribution in [0.3, 0.4) is 0 Å². The lowest BCUT2D eigenvalue weighted by Crippen LogP contribution is -2.49. The zero-order valence-electron chi connectivity index (χ0n) is 29.3. The van der Waals surface area contributed by atoms with E-state index < -0.39 is 58.6 Å². The van der Waals surface area contributed by atoms with Crippen LogP contribution in [0.25, 0.3) is 10.9 Å². The van der Waals surface area contributed by atoms with Crippen molar-refractivity contribution in [3.63, 3.8) is 0 Å². The molecule has 3 amide bonds. The number of aromatic nitrogens is 4. The van der Waals surface area contributed by atoms with Crippen molar-refractivity contribution < 1.29 is 31.9 Å². The SMILES string of the molecule is C[C@@H](NC(=O)[C@@H]1C[C@](F)(Cn2ccnc2)CN1C(=O)CNC(=O)c1ccc2c(c1)Oc1ccccc1S2)c1cc2cnccc2n1S(=O)(=O)c1ccccc1. The van der Waals surface area contributed by atoms with Crippen LogP contribution in [-0.2, 0) is 26.2 Å². The summed E-state index contributed by atoms with van der Waals surface area (Å²) >= 11 is 1.52. The molecule has 0 bridgehead atoms. The van der Waals surface area contributed by atoms with E-state index in [2.05, 4.69) is 20.6 Å². The maximum atomic E-state index is 16.6. The van der Waals surface area contributed by atoms with E-state index in [-0.39, 0.29) is 29.1 Å². The molecular weight excluding hydrogens is 746 g/mol. The summed E-state index contributed by atoms with van der Waals surface area (Å²) in [6.45, 7) is 0.510. The van der Waals surface area contributed by atoms with Crippen molar-refractivity contribution >= 4 is 50.4 Å². The number of carbonyl (C=O) groups excluding carboxylic acids is 3. The molecule has 2 aliphatic rings. The third-order valence-corrected chi connectivity index (χ3v) is 12.5. The number of para-hydroxylation sites is 1. The zero-order chi connectivity index (χ0) is 38.3. The Morgan fingerprint density at radius 3 is 2.56 bits per heavy atom. The van der Waals surface area contributed by atoms with E-state index in [0.29, 0.717) is 22.4 Å². The molecule has 6 aromatic rings. The fraction of sp³-hybridized carbons (Fsp3) is 0.205. The predicted octanol–water partition coefficient (Wildman–Crippen LogP) is 5.34. The summed E-state index contributed by atoms with van der Waals surface area (Å²) in [7, 11) is -4.13. The molecule has 55 heavy (non-hydrogen) atoms. The molecular formula is C39H34FN7O6S2. The minimum absolute atomic E-state index is 0.0487. The van der Waals surface area contributed by atoms with Gasteiger partial charge in [-0.3, -0.25) is 19.4 Å². The minimum Gasteiger partial charge on any atom is -0.455 e. The second-order valence-electron chi connectivity index (χ2n) is 13.4. The quantitative estimate of drug-likeness (QED) is 0.187. The Balaban J connectivity index is 1.02. The molecule has 16 heteroatoms. The second-order valence-corrected chi connectivity index (χ2v) is 16.3. The summed E-state index contributed by atoms with van der Waals surface area (Å²) < 4.78 is 53.3. The maximum Gasteiger partial charge on any atom is 0.268 e. The summed E-state index contributed by atoms with van der Waals surface area (Å²) in [4.78, 5) is 52.2. The molecule has 5 heterocycles. The summed E-state index contributed by atoms with van der Waals surface area (Å²) in [5.41, 5.74) is -1.16. The van der Waals surface area contributed by atoms with Crippen LogP contribution in [0, 0.1) is 0 Å². The fourth-order valence-electron chi connectivity index (χ4n) is 6.99. The number of alkyl halides is 1. The summed E-state index contributed by atoms with van der Waals surface area (Å²) in [5, 5.41) is 5.99. The maximum absolute atomic E-state index is 16.6. The van der Waals surface area contributed by atoms with Crippen molar-refractivity contribution in [2.45, 2.75) is 52.3 Å². The van der Waals surface area contributed by atoms with Crippen LogP contribution in [0.1, 0.15) is 35.4 Å². The van der Waals surface area contributed by atoms with Gasteiger partial charge in [0.25, 0.3) is 15.9 Å². The number of imidazole rings is 1. The average Bonchev–Trinajstić information content (AvgIpc) is 3.94. The highest BCUT2D eigenvalue weighted by atomic mass is 32.2. The van der Waals surface area contributed by atoms with Crippen molar-refractivity contribution in [1.82, 2.24) is 34.0 Å². The Morgan fingerprint density at radius 1 is 0.982 bits per heavy atom. The molecule has 13 nitrogen and oxygen atoms in total.